The van der Waals surface area contributed by atoms with Crippen LogP contribution in [-0.2, 0) is 15.3 Å². The highest BCUT2D eigenvalue weighted by Crippen LogP contribution is 2.20. The third-order valence-electron chi connectivity index (χ3n) is 2.22. The van der Waals surface area contributed by atoms with Gasteiger partial charge in [-0.05, 0) is 11.6 Å². The molecule has 2 N–H and O–H groups in total. The number of nitro groups is 1. The van der Waals surface area contributed by atoms with E-state index in [9.17, 15) is 19.3 Å². The molecule has 0 radical (unpaired) electrons. The number of esters is 1. The van der Waals surface area contributed by atoms with Crippen LogP contribution < -0.4 is 5.73 Å². The number of rotatable bonds is 6. The fourth-order valence-electron chi connectivity index (χ4n) is 1.35. The first-order valence-electron chi connectivity index (χ1n) is 5.29. The first-order chi connectivity index (χ1) is 8.93. The van der Waals surface area contributed by atoms with Crippen LogP contribution in [0.4, 0.5) is 10.1 Å². The van der Waals surface area contributed by atoms with Crippen LogP contribution >= 0.6 is 11.8 Å². The number of nitrogens with zero attached hydrogens (tertiary/aromatic N) is 1. The number of thioether (sulfide) groups is 1. The van der Waals surface area contributed by atoms with Crippen molar-refractivity contribution in [2.45, 2.75) is 11.8 Å². The molecule has 0 aliphatic rings. The third-order valence-corrected chi connectivity index (χ3v) is 3.36. The Balaban J connectivity index is 2.58. The van der Waals surface area contributed by atoms with Gasteiger partial charge >= 0.3 is 5.97 Å². The predicted molar refractivity (Wildman–Crippen MR) is 69.2 cm³/mol. The minimum absolute atomic E-state index is 0.289. The van der Waals surface area contributed by atoms with Gasteiger partial charge in [-0.3, -0.25) is 14.9 Å². The van der Waals surface area contributed by atoms with E-state index in [0.717, 1.165) is 6.07 Å². The van der Waals surface area contributed by atoms with E-state index in [2.05, 4.69) is 4.74 Å². The first-order valence-corrected chi connectivity index (χ1v) is 6.44. The van der Waals surface area contributed by atoms with Gasteiger partial charge in [0.1, 0.15) is 11.9 Å². The van der Waals surface area contributed by atoms with E-state index in [4.69, 9.17) is 5.73 Å². The summed E-state index contributed by atoms with van der Waals surface area (Å²) in [6.45, 7) is 0. The van der Waals surface area contributed by atoms with Crippen molar-refractivity contribution in [2.24, 2.45) is 5.73 Å². The summed E-state index contributed by atoms with van der Waals surface area (Å²) in [6.07, 6.45) is 0. The van der Waals surface area contributed by atoms with E-state index < -0.39 is 22.8 Å². The molecule has 104 valence electrons. The van der Waals surface area contributed by atoms with Gasteiger partial charge in [-0.15, -0.1) is 0 Å². The van der Waals surface area contributed by atoms with Crippen LogP contribution in [0.2, 0.25) is 0 Å². The summed E-state index contributed by atoms with van der Waals surface area (Å²) in [5.74, 6) is -0.583. The minimum Gasteiger partial charge on any atom is -0.468 e. The van der Waals surface area contributed by atoms with Crippen molar-refractivity contribution in [1.82, 2.24) is 0 Å². The molecule has 0 aliphatic heterocycles. The number of halogens is 1. The van der Waals surface area contributed by atoms with Crippen LogP contribution in [-0.4, -0.2) is 29.8 Å². The molecular weight excluding hydrogens is 275 g/mol. The Labute approximate surface area is 113 Å². The van der Waals surface area contributed by atoms with Crippen molar-refractivity contribution < 1.29 is 18.8 Å². The molecule has 0 fully saturated rings. The molecule has 6 nitrogen and oxygen atoms in total. The summed E-state index contributed by atoms with van der Waals surface area (Å²) in [5, 5.41) is 10.6. The van der Waals surface area contributed by atoms with Gasteiger partial charge in [0.15, 0.2) is 0 Å². The van der Waals surface area contributed by atoms with Gasteiger partial charge in [-0.2, -0.15) is 11.8 Å². The van der Waals surface area contributed by atoms with Gasteiger partial charge in [0.25, 0.3) is 5.69 Å². The normalized spacial score (nSPS) is 11.9. The van der Waals surface area contributed by atoms with Gasteiger partial charge in [0, 0.05) is 17.6 Å². The quantitative estimate of drug-likeness (QED) is 0.484. The molecule has 0 saturated carbocycles. The molecule has 19 heavy (non-hydrogen) atoms. The van der Waals surface area contributed by atoms with E-state index in [0.29, 0.717) is 11.3 Å². The molecule has 0 amide bonds. The lowest BCUT2D eigenvalue weighted by molar-refractivity contribution is -0.385. The molecule has 1 aromatic carbocycles. The Morgan fingerprint density at radius 3 is 2.84 bits per heavy atom. The number of benzene rings is 1. The van der Waals surface area contributed by atoms with Crippen molar-refractivity contribution >= 4 is 23.4 Å². The summed E-state index contributed by atoms with van der Waals surface area (Å²) in [7, 11) is 1.24. The van der Waals surface area contributed by atoms with Crippen LogP contribution in [0, 0.1) is 15.9 Å². The number of carbonyl (C=O) groups is 1. The van der Waals surface area contributed by atoms with Gasteiger partial charge in [0.2, 0.25) is 0 Å². The lowest BCUT2D eigenvalue weighted by Gasteiger charge is -2.08. The Hall–Kier alpha value is -1.67. The maximum Gasteiger partial charge on any atom is 0.323 e. The lowest BCUT2D eigenvalue weighted by Crippen LogP contribution is -2.33. The number of nitrogens with two attached hydrogens (primary N) is 1. The number of carbonyl (C=O) groups excluding carboxylic acids is 1. The third kappa shape index (κ3) is 4.84. The van der Waals surface area contributed by atoms with Crippen LogP contribution in [0.15, 0.2) is 18.2 Å². The zero-order valence-electron chi connectivity index (χ0n) is 10.2. The molecule has 0 saturated heterocycles. The minimum atomic E-state index is -0.765. The highest BCUT2D eigenvalue weighted by Gasteiger charge is 2.14. The Bertz CT molecular complexity index is 484. The first kappa shape index (κ1) is 15.4. The number of nitro benzene ring substituents is 1. The van der Waals surface area contributed by atoms with Gasteiger partial charge in [-0.1, -0.05) is 0 Å². The molecule has 1 aromatic rings. The summed E-state index contributed by atoms with van der Waals surface area (Å²) >= 11 is 1.27. The highest BCUT2D eigenvalue weighted by molar-refractivity contribution is 7.98. The summed E-state index contributed by atoms with van der Waals surface area (Å²) in [5.41, 5.74) is 5.69. The zero-order valence-corrected chi connectivity index (χ0v) is 11.0. The van der Waals surface area contributed by atoms with Gasteiger partial charge in [0.05, 0.1) is 18.1 Å². The molecule has 0 aromatic heterocycles. The molecule has 1 rings (SSSR count). The van der Waals surface area contributed by atoms with Gasteiger partial charge < -0.3 is 10.5 Å². The zero-order chi connectivity index (χ0) is 14.4. The van der Waals surface area contributed by atoms with E-state index in [1.807, 2.05) is 0 Å². The molecule has 0 aliphatic carbocycles. The largest absolute Gasteiger partial charge is 0.468 e. The number of ether oxygens (including phenoxy) is 1. The molecule has 8 heteroatoms. The predicted octanol–water partition coefficient (Wildman–Crippen LogP) is 1.47. The molecule has 1 atom stereocenters. The smallest absolute Gasteiger partial charge is 0.323 e. The number of hydrogen-bond acceptors (Lipinski definition) is 6. The molecule has 0 bridgehead atoms. The van der Waals surface area contributed by atoms with Gasteiger partial charge in [-0.25, -0.2) is 4.39 Å². The Kier molecular flexibility index (Phi) is 5.71. The van der Waals surface area contributed by atoms with E-state index in [-0.39, 0.29) is 11.4 Å². The summed E-state index contributed by atoms with van der Waals surface area (Å²) in [4.78, 5) is 21.0. The molecule has 0 spiro atoms. The van der Waals surface area contributed by atoms with Crippen molar-refractivity contribution in [1.29, 1.82) is 0 Å². The number of non-ortho nitro benzene ring substituents is 1. The standard InChI is InChI=1S/C11H13FN2O4S/c1-18-11(15)10(13)6-19-5-7-2-8(12)4-9(3-7)14(16)17/h2-4,10H,5-6,13H2,1H3. The van der Waals surface area contributed by atoms with Crippen LogP contribution in [0.5, 0.6) is 0 Å². The average molecular weight is 288 g/mol. The highest BCUT2D eigenvalue weighted by atomic mass is 32.2. The molecule has 0 heterocycles. The van der Waals surface area contributed by atoms with Crippen molar-refractivity contribution in [3.63, 3.8) is 0 Å². The van der Waals surface area contributed by atoms with Crippen LogP contribution in [0.3, 0.4) is 0 Å². The fraction of sp³-hybridized carbons (Fsp3) is 0.364. The van der Waals surface area contributed by atoms with Crippen molar-refractivity contribution in [2.75, 3.05) is 12.9 Å². The lowest BCUT2D eigenvalue weighted by atomic mass is 10.2. The van der Waals surface area contributed by atoms with E-state index in [1.54, 1.807) is 0 Å². The second-order valence-corrected chi connectivity index (χ2v) is 4.75. The van der Waals surface area contributed by atoms with E-state index in [1.165, 1.54) is 31.0 Å². The SMILES string of the molecule is COC(=O)C(N)CSCc1cc(F)cc([N+](=O)[O-])c1. The number of hydrogen-bond donors (Lipinski definition) is 1. The molecule has 1 unspecified atom stereocenters. The van der Waals surface area contributed by atoms with Crippen molar-refractivity contribution in [3.05, 3.63) is 39.7 Å². The maximum absolute atomic E-state index is 13.1. The number of methoxy groups -OCH3 is 1. The van der Waals surface area contributed by atoms with E-state index >= 15 is 0 Å². The maximum atomic E-state index is 13.1. The van der Waals surface area contributed by atoms with Crippen molar-refractivity contribution in [3.8, 4) is 0 Å². The second-order valence-electron chi connectivity index (χ2n) is 3.72. The topological polar surface area (TPSA) is 95.5 Å². The average Bonchev–Trinajstić information content (AvgIpc) is 2.36. The molecular formula is C11H13FN2O4S. The Morgan fingerprint density at radius 2 is 2.26 bits per heavy atom. The monoisotopic (exact) mass is 288 g/mol. The summed E-state index contributed by atoms with van der Waals surface area (Å²) in [6, 6.07) is 2.59. The fourth-order valence-corrected chi connectivity index (χ4v) is 2.26. The summed E-state index contributed by atoms with van der Waals surface area (Å²) < 4.78 is 17.6. The van der Waals surface area contributed by atoms with Crippen LogP contribution in [0.1, 0.15) is 5.56 Å². The Morgan fingerprint density at radius 1 is 1.58 bits per heavy atom. The second kappa shape index (κ2) is 7.05. The van der Waals surface area contributed by atoms with Crippen LogP contribution in [0.25, 0.3) is 0 Å².